The lowest BCUT2D eigenvalue weighted by molar-refractivity contribution is 0.0685. The highest BCUT2D eigenvalue weighted by Crippen LogP contribution is 2.30. The molecule has 3 N–H and O–H groups in total. The number of hydrogen-bond donors (Lipinski definition) is 2. The van der Waals surface area contributed by atoms with Crippen molar-refractivity contribution in [3.8, 4) is 11.3 Å². The number of rotatable bonds is 2. The summed E-state index contributed by atoms with van der Waals surface area (Å²) >= 11 is 5.55. The molecule has 1 aromatic heterocycles. The van der Waals surface area contributed by atoms with Crippen LogP contribution in [0.4, 0.5) is 18.9 Å². The number of nitrogens with zero attached hydrogens (tertiary/aromatic N) is 1. The molecule has 2 aromatic rings. The number of benzene rings is 1. The quantitative estimate of drug-likeness (QED) is 0.893. The number of carboxylic acids is 1. The fourth-order valence-corrected chi connectivity index (χ4v) is 1.72. The predicted octanol–water partition coefficient (Wildman–Crippen LogP) is 3.10. The molecule has 0 saturated heterocycles. The maximum atomic E-state index is 13.9. The molecule has 1 heterocycles. The van der Waals surface area contributed by atoms with Crippen molar-refractivity contribution in [2.24, 2.45) is 0 Å². The monoisotopic (exact) mass is 302 g/mol. The van der Waals surface area contributed by atoms with Crippen molar-refractivity contribution in [1.82, 2.24) is 4.98 Å². The number of aromatic nitrogens is 1. The fraction of sp³-hybridized carbons (Fsp3) is 0. The van der Waals surface area contributed by atoms with Gasteiger partial charge in [-0.1, -0.05) is 11.6 Å². The summed E-state index contributed by atoms with van der Waals surface area (Å²) in [6, 6.07) is 3.23. The van der Waals surface area contributed by atoms with Gasteiger partial charge in [-0.3, -0.25) is 0 Å². The Bertz CT molecular complexity index is 722. The number of carboxylic acid groups (broad SMARTS) is 1. The van der Waals surface area contributed by atoms with Gasteiger partial charge in [0.15, 0.2) is 17.3 Å². The highest BCUT2D eigenvalue weighted by Gasteiger charge is 2.24. The molecule has 0 atom stereocenters. The molecule has 0 radical (unpaired) electrons. The van der Waals surface area contributed by atoms with Gasteiger partial charge in [0.1, 0.15) is 17.2 Å². The number of nitrogens with two attached hydrogens (primary N) is 1. The zero-order valence-electron chi connectivity index (χ0n) is 9.62. The third-order valence-electron chi connectivity index (χ3n) is 2.50. The van der Waals surface area contributed by atoms with Crippen LogP contribution >= 0.6 is 11.6 Å². The highest BCUT2D eigenvalue weighted by molar-refractivity contribution is 6.30. The predicted molar refractivity (Wildman–Crippen MR) is 65.9 cm³/mol. The van der Waals surface area contributed by atoms with Crippen LogP contribution in [0, 0.1) is 17.5 Å². The minimum absolute atomic E-state index is 0.0557. The minimum Gasteiger partial charge on any atom is -0.476 e. The average molecular weight is 303 g/mol. The van der Waals surface area contributed by atoms with Crippen LogP contribution in [0.2, 0.25) is 5.02 Å². The topological polar surface area (TPSA) is 76.2 Å². The van der Waals surface area contributed by atoms with Gasteiger partial charge < -0.3 is 10.8 Å². The normalized spacial score (nSPS) is 10.6. The van der Waals surface area contributed by atoms with Crippen molar-refractivity contribution < 1.29 is 23.1 Å². The molecule has 0 fully saturated rings. The molecule has 0 unspecified atom stereocenters. The van der Waals surface area contributed by atoms with Crippen molar-refractivity contribution in [3.05, 3.63) is 46.4 Å². The summed E-state index contributed by atoms with van der Waals surface area (Å²) in [5.74, 6) is -5.53. The number of halogens is 4. The van der Waals surface area contributed by atoms with E-state index in [4.69, 9.17) is 22.4 Å². The first kappa shape index (κ1) is 14.1. The second-order valence-corrected chi connectivity index (χ2v) is 4.22. The van der Waals surface area contributed by atoms with Crippen LogP contribution in [0.15, 0.2) is 18.2 Å². The zero-order chi connectivity index (χ0) is 15.0. The molecule has 0 amide bonds. The molecule has 0 spiro atoms. The Labute approximate surface area is 115 Å². The van der Waals surface area contributed by atoms with E-state index in [9.17, 15) is 18.0 Å². The van der Waals surface area contributed by atoms with E-state index < -0.39 is 40.5 Å². The Morgan fingerprint density at radius 1 is 1.25 bits per heavy atom. The number of nitrogen functional groups attached to an aromatic ring is 1. The Morgan fingerprint density at radius 2 is 1.90 bits per heavy atom. The maximum Gasteiger partial charge on any atom is 0.357 e. The van der Waals surface area contributed by atoms with Crippen molar-refractivity contribution >= 4 is 23.3 Å². The van der Waals surface area contributed by atoms with Crippen LogP contribution in [0.3, 0.4) is 0 Å². The van der Waals surface area contributed by atoms with Gasteiger partial charge in [-0.05, 0) is 18.2 Å². The van der Waals surface area contributed by atoms with Gasteiger partial charge >= 0.3 is 5.97 Å². The SMILES string of the molecule is Nc1c(F)c(C(=O)O)nc(-c2ccc(Cl)cc2F)c1F. The maximum absolute atomic E-state index is 13.9. The number of hydrogen-bond acceptors (Lipinski definition) is 3. The molecular formula is C12H6ClF3N2O2. The van der Waals surface area contributed by atoms with Crippen molar-refractivity contribution in [2.75, 3.05) is 5.73 Å². The van der Waals surface area contributed by atoms with Gasteiger partial charge in [-0.25, -0.2) is 22.9 Å². The summed E-state index contributed by atoms with van der Waals surface area (Å²) in [7, 11) is 0. The van der Waals surface area contributed by atoms with Crippen molar-refractivity contribution in [2.45, 2.75) is 0 Å². The summed E-state index contributed by atoms with van der Waals surface area (Å²) in [6.45, 7) is 0. The first-order chi connectivity index (χ1) is 9.32. The molecule has 104 valence electrons. The molecule has 4 nitrogen and oxygen atoms in total. The lowest BCUT2D eigenvalue weighted by atomic mass is 10.1. The standard InChI is InChI=1S/C12H6ClF3N2O2/c13-4-1-2-5(6(14)3-4)10-7(15)9(17)8(16)11(18-10)12(19)20/h1-3H,(H2,17,18)(H,19,20). The molecule has 0 saturated carbocycles. The van der Waals surface area contributed by atoms with E-state index in [2.05, 4.69) is 4.98 Å². The lowest BCUT2D eigenvalue weighted by Gasteiger charge is -2.09. The minimum atomic E-state index is -1.75. The zero-order valence-corrected chi connectivity index (χ0v) is 10.4. The second-order valence-electron chi connectivity index (χ2n) is 3.78. The van der Waals surface area contributed by atoms with Crippen LogP contribution in [0.5, 0.6) is 0 Å². The van der Waals surface area contributed by atoms with Gasteiger partial charge in [0.25, 0.3) is 0 Å². The summed E-state index contributed by atoms with van der Waals surface area (Å²) < 4.78 is 41.0. The van der Waals surface area contributed by atoms with Crippen LogP contribution < -0.4 is 5.73 Å². The fourth-order valence-electron chi connectivity index (χ4n) is 1.56. The summed E-state index contributed by atoms with van der Waals surface area (Å²) in [5, 5.41) is 8.83. The molecule has 0 bridgehead atoms. The summed E-state index contributed by atoms with van der Waals surface area (Å²) in [4.78, 5) is 14.1. The Hall–Kier alpha value is -2.28. The third-order valence-corrected chi connectivity index (χ3v) is 2.74. The lowest BCUT2D eigenvalue weighted by Crippen LogP contribution is -2.11. The number of anilines is 1. The van der Waals surface area contributed by atoms with Gasteiger partial charge in [0.05, 0.1) is 0 Å². The largest absolute Gasteiger partial charge is 0.476 e. The van der Waals surface area contributed by atoms with E-state index in [1.165, 1.54) is 6.07 Å². The van der Waals surface area contributed by atoms with Crippen molar-refractivity contribution in [1.29, 1.82) is 0 Å². The van der Waals surface area contributed by atoms with E-state index in [1.54, 1.807) is 0 Å². The molecule has 0 aliphatic heterocycles. The number of carbonyl (C=O) groups is 1. The number of aromatic carboxylic acids is 1. The first-order valence-electron chi connectivity index (χ1n) is 5.16. The van der Waals surface area contributed by atoms with Gasteiger partial charge in [0, 0.05) is 10.6 Å². The Balaban J connectivity index is 2.77. The van der Waals surface area contributed by atoms with E-state index in [0.29, 0.717) is 0 Å². The molecular weight excluding hydrogens is 297 g/mol. The molecule has 1 aromatic carbocycles. The van der Waals surface area contributed by atoms with E-state index in [-0.39, 0.29) is 10.6 Å². The van der Waals surface area contributed by atoms with Crippen LogP contribution in [0.25, 0.3) is 11.3 Å². The molecule has 2 rings (SSSR count). The van der Waals surface area contributed by atoms with Gasteiger partial charge in [-0.2, -0.15) is 0 Å². The smallest absolute Gasteiger partial charge is 0.357 e. The van der Waals surface area contributed by atoms with E-state index in [0.717, 1.165) is 12.1 Å². The molecule has 8 heteroatoms. The second kappa shape index (κ2) is 5.01. The third kappa shape index (κ3) is 2.27. The van der Waals surface area contributed by atoms with Gasteiger partial charge in [0.2, 0.25) is 0 Å². The number of pyridine rings is 1. The van der Waals surface area contributed by atoms with Crippen LogP contribution in [-0.4, -0.2) is 16.1 Å². The molecule has 0 aliphatic rings. The summed E-state index contributed by atoms with van der Waals surface area (Å²) in [5.41, 5.74) is 1.93. The van der Waals surface area contributed by atoms with E-state index >= 15 is 0 Å². The Kier molecular flexibility index (Phi) is 3.54. The Morgan fingerprint density at radius 3 is 2.45 bits per heavy atom. The first-order valence-corrected chi connectivity index (χ1v) is 5.54. The molecule has 0 aliphatic carbocycles. The van der Waals surface area contributed by atoms with E-state index in [1.807, 2.05) is 0 Å². The van der Waals surface area contributed by atoms with Crippen LogP contribution in [0.1, 0.15) is 10.5 Å². The highest BCUT2D eigenvalue weighted by atomic mass is 35.5. The van der Waals surface area contributed by atoms with Gasteiger partial charge in [-0.15, -0.1) is 0 Å². The average Bonchev–Trinajstić information content (AvgIpc) is 2.37. The molecule has 20 heavy (non-hydrogen) atoms. The summed E-state index contributed by atoms with van der Waals surface area (Å²) in [6.07, 6.45) is 0. The van der Waals surface area contributed by atoms with Crippen LogP contribution in [-0.2, 0) is 0 Å². The van der Waals surface area contributed by atoms with Crippen molar-refractivity contribution in [3.63, 3.8) is 0 Å².